The van der Waals surface area contributed by atoms with Crippen LogP contribution in [0.1, 0.15) is 56.1 Å². The number of halogens is 5. The summed E-state index contributed by atoms with van der Waals surface area (Å²) < 4.78 is 73.4. The minimum atomic E-state index is -4.76. The number of likely N-dealkylation sites (tertiary alicyclic amines) is 2. The first kappa shape index (κ1) is 33.7. The number of carbonyl (C=O) groups excluding carboxylic acids is 1. The number of aromatic nitrogens is 1. The van der Waals surface area contributed by atoms with Gasteiger partial charge in [-0.05, 0) is 86.2 Å². The lowest BCUT2D eigenvalue weighted by atomic mass is 9.98. The van der Waals surface area contributed by atoms with Gasteiger partial charge in [0, 0.05) is 79.5 Å². The van der Waals surface area contributed by atoms with Gasteiger partial charge >= 0.3 is 6.36 Å². The van der Waals surface area contributed by atoms with Crippen molar-refractivity contribution in [1.29, 1.82) is 0 Å². The fraction of sp³-hybridized carbons (Fsp3) is 0.447. The molecule has 4 aromatic rings. The molecule has 3 aliphatic rings. The highest BCUT2D eigenvalue weighted by atomic mass is 19.4. The third-order valence-electron chi connectivity index (χ3n) is 10.4. The van der Waals surface area contributed by atoms with Crippen molar-refractivity contribution < 1.29 is 31.5 Å². The molecule has 3 aliphatic heterocycles. The minimum absolute atomic E-state index is 0.0285. The Labute approximate surface area is 282 Å². The van der Waals surface area contributed by atoms with Gasteiger partial charge in [0.1, 0.15) is 23.2 Å². The zero-order chi connectivity index (χ0) is 34.1. The van der Waals surface area contributed by atoms with Crippen LogP contribution in [-0.4, -0.2) is 64.3 Å². The number of alkyl halides is 3. The van der Waals surface area contributed by atoms with Crippen molar-refractivity contribution in [2.24, 2.45) is 0 Å². The summed E-state index contributed by atoms with van der Waals surface area (Å²) >= 11 is 0. The molecule has 3 atom stereocenters. The number of hydrogen-bond donors (Lipinski definition) is 1. The van der Waals surface area contributed by atoms with Gasteiger partial charge in [-0.25, -0.2) is 8.78 Å². The number of piperazine rings is 1. The number of ether oxygens (including phenoxy) is 1. The van der Waals surface area contributed by atoms with Crippen molar-refractivity contribution in [3.05, 3.63) is 89.6 Å². The van der Waals surface area contributed by atoms with Crippen molar-refractivity contribution in [3.63, 3.8) is 0 Å². The van der Waals surface area contributed by atoms with Crippen LogP contribution in [-0.2, 0) is 24.4 Å². The SMILES string of the molecule is O=C(CCCCn1cc(-c2ccc(OC(F)(F)F)cc2)c2cc(CN3CC4CC3CN4Cc3c(F)cccc3F)ccc21)C1CCCCN1. The number of hydrogen-bond acceptors (Lipinski definition) is 5. The minimum Gasteiger partial charge on any atom is -0.406 e. The second-order valence-corrected chi connectivity index (χ2v) is 13.7. The molecule has 3 saturated heterocycles. The molecular weight excluding hydrogens is 639 g/mol. The number of fused-ring (bicyclic) bond motifs is 3. The van der Waals surface area contributed by atoms with Gasteiger partial charge in [0.25, 0.3) is 0 Å². The topological polar surface area (TPSA) is 49.7 Å². The standard InChI is InChI=1S/C38H41F5N4O2/c39-33-6-5-7-34(40)32(33)24-47-22-27-19-28(47)21-46(27)20-25-10-15-36-30(18-25)31(26-11-13-29(14-12-26)49-38(41,42)43)23-45(36)17-4-2-9-37(48)35-8-1-3-16-44-35/h5-7,10-15,18,23,27-28,35,44H,1-4,8-9,16-17,19-22,24H2. The van der Waals surface area contributed by atoms with Crippen molar-refractivity contribution in [1.82, 2.24) is 19.7 Å². The Balaban J connectivity index is 1.06. The normalized spacial score (nSPS) is 21.5. The molecule has 0 saturated carbocycles. The molecule has 49 heavy (non-hydrogen) atoms. The van der Waals surface area contributed by atoms with Gasteiger partial charge in [0.15, 0.2) is 0 Å². The molecule has 1 N–H and O–H groups in total. The fourth-order valence-electron chi connectivity index (χ4n) is 7.92. The number of rotatable bonds is 12. The third-order valence-corrected chi connectivity index (χ3v) is 10.4. The van der Waals surface area contributed by atoms with E-state index in [-0.39, 0.29) is 41.8 Å². The van der Waals surface area contributed by atoms with E-state index >= 15 is 0 Å². The van der Waals surface area contributed by atoms with E-state index in [1.165, 1.54) is 30.3 Å². The highest BCUT2D eigenvalue weighted by Gasteiger charge is 2.43. The molecule has 0 spiro atoms. The van der Waals surface area contributed by atoms with Gasteiger partial charge < -0.3 is 14.6 Å². The van der Waals surface area contributed by atoms with Crippen molar-refractivity contribution >= 4 is 16.7 Å². The molecule has 0 radical (unpaired) electrons. The van der Waals surface area contributed by atoms with Crippen molar-refractivity contribution in [3.8, 4) is 16.9 Å². The predicted octanol–water partition coefficient (Wildman–Crippen LogP) is 7.83. The molecule has 3 unspecified atom stereocenters. The largest absolute Gasteiger partial charge is 0.573 e. The Bertz CT molecular complexity index is 1760. The summed E-state index contributed by atoms with van der Waals surface area (Å²) in [4.78, 5) is 17.3. The van der Waals surface area contributed by atoms with E-state index in [9.17, 15) is 26.7 Å². The predicted molar refractivity (Wildman–Crippen MR) is 178 cm³/mol. The molecule has 0 amide bonds. The van der Waals surface area contributed by atoms with E-state index in [2.05, 4.69) is 48.8 Å². The number of piperidine rings is 1. The number of nitrogens with zero attached hydrogens (tertiary/aromatic N) is 3. The molecule has 11 heteroatoms. The average molecular weight is 681 g/mol. The van der Waals surface area contributed by atoms with Crippen LogP contribution in [0.4, 0.5) is 22.0 Å². The van der Waals surface area contributed by atoms with E-state index in [1.54, 1.807) is 12.1 Å². The summed E-state index contributed by atoms with van der Waals surface area (Å²) in [6.45, 7) is 4.14. The Morgan fingerprint density at radius 2 is 1.63 bits per heavy atom. The van der Waals surface area contributed by atoms with Crippen molar-refractivity contribution in [2.45, 2.75) is 89.1 Å². The first-order valence-corrected chi connectivity index (χ1v) is 17.3. The maximum absolute atomic E-state index is 14.3. The Morgan fingerprint density at radius 1 is 0.898 bits per heavy atom. The Hall–Kier alpha value is -3.80. The maximum atomic E-state index is 14.3. The zero-order valence-electron chi connectivity index (χ0n) is 27.3. The van der Waals surface area contributed by atoms with Crippen LogP contribution in [0.15, 0.2) is 66.9 Å². The molecule has 3 fully saturated rings. The molecule has 6 nitrogen and oxygen atoms in total. The molecule has 1 aromatic heterocycles. The summed E-state index contributed by atoms with van der Waals surface area (Å²) in [6.07, 6.45) is 3.49. The van der Waals surface area contributed by atoms with Gasteiger partial charge in [-0.2, -0.15) is 0 Å². The van der Waals surface area contributed by atoms with E-state index < -0.39 is 18.0 Å². The van der Waals surface area contributed by atoms with Crippen LogP contribution in [0.25, 0.3) is 22.0 Å². The van der Waals surface area contributed by atoms with E-state index in [4.69, 9.17) is 0 Å². The third kappa shape index (κ3) is 7.69. The monoisotopic (exact) mass is 680 g/mol. The zero-order valence-corrected chi connectivity index (χ0v) is 27.3. The van der Waals surface area contributed by atoms with Crippen LogP contribution in [0.3, 0.4) is 0 Å². The second-order valence-electron chi connectivity index (χ2n) is 13.7. The Morgan fingerprint density at radius 3 is 2.31 bits per heavy atom. The van der Waals surface area contributed by atoms with Crippen LogP contribution in [0.5, 0.6) is 5.75 Å². The van der Waals surface area contributed by atoms with Crippen LogP contribution in [0, 0.1) is 11.6 Å². The Kier molecular flexibility index (Phi) is 9.77. The highest BCUT2D eigenvalue weighted by molar-refractivity contribution is 5.96. The number of Topliss-reactive ketones (excluding diaryl/α,β-unsaturated/α-hetero) is 1. The molecule has 3 aromatic carbocycles. The van der Waals surface area contributed by atoms with Gasteiger partial charge in [0.05, 0.1) is 6.04 Å². The number of ketones is 1. The molecule has 260 valence electrons. The maximum Gasteiger partial charge on any atom is 0.573 e. The van der Waals surface area contributed by atoms with Crippen LogP contribution in [0.2, 0.25) is 0 Å². The van der Waals surface area contributed by atoms with Gasteiger partial charge in [-0.1, -0.05) is 30.7 Å². The van der Waals surface area contributed by atoms with Crippen LogP contribution >= 0.6 is 0 Å². The quantitative estimate of drug-likeness (QED) is 0.122. The first-order valence-electron chi connectivity index (χ1n) is 17.3. The average Bonchev–Trinajstić information content (AvgIpc) is 3.77. The van der Waals surface area contributed by atoms with E-state index in [1.807, 2.05) is 0 Å². The highest BCUT2D eigenvalue weighted by Crippen LogP contribution is 2.37. The number of nitrogens with one attached hydrogen (secondary N) is 1. The first-order chi connectivity index (χ1) is 23.6. The number of benzene rings is 3. The molecule has 4 heterocycles. The van der Waals surface area contributed by atoms with Gasteiger partial charge in [0.2, 0.25) is 0 Å². The summed E-state index contributed by atoms with van der Waals surface area (Å²) in [5, 5.41) is 4.34. The molecule has 2 bridgehead atoms. The summed E-state index contributed by atoms with van der Waals surface area (Å²) in [5.41, 5.74) is 3.96. The van der Waals surface area contributed by atoms with Crippen LogP contribution < -0.4 is 10.1 Å². The second kappa shape index (κ2) is 14.2. The summed E-state index contributed by atoms with van der Waals surface area (Å²) in [6, 6.07) is 16.8. The van der Waals surface area contributed by atoms with E-state index in [0.29, 0.717) is 13.0 Å². The van der Waals surface area contributed by atoms with Gasteiger partial charge in [-0.3, -0.25) is 14.6 Å². The summed E-state index contributed by atoms with van der Waals surface area (Å²) in [5.74, 6) is -1.01. The number of aryl methyl sites for hydroxylation is 1. The molecule has 0 aliphatic carbocycles. The lowest BCUT2D eigenvalue weighted by Crippen LogP contribution is -2.45. The van der Waals surface area contributed by atoms with Crippen molar-refractivity contribution in [2.75, 3.05) is 19.6 Å². The lowest BCUT2D eigenvalue weighted by Gasteiger charge is -2.34. The van der Waals surface area contributed by atoms with Gasteiger partial charge in [-0.15, -0.1) is 13.2 Å². The molecular formula is C38H41F5N4O2. The fourth-order valence-corrected chi connectivity index (χ4v) is 7.92. The van der Waals surface area contributed by atoms with E-state index in [0.717, 1.165) is 92.3 Å². The molecule has 7 rings (SSSR count). The summed E-state index contributed by atoms with van der Waals surface area (Å²) in [7, 11) is 0. The number of carbonyl (C=O) groups is 1. The lowest BCUT2D eigenvalue weighted by molar-refractivity contribution is -0.274. The smallest absolute Gasteiger partial charge is 0.406 e. The number of unbranched alkanes of at least 4 members (excludes halogenated alkanes) is 1.